The van der Waals surface area contributed by atoms with Crippen LogP contribution in [0.3, 0.4) is 0 Å². The Hall–Kier alpha value is -2.80. The van der Waals surface area contributed by atoms with Gasteiger partial charge < -0.3 is 9.64 Å². The number of thioether (sulfide) groups is 1. The highest BCUT2D eigenvalue weighted by Crippen LogP contribution is 2.35. The number of aromatic nitrogens is 3. The first-order valence-electron chi connectivity index (χ1n) is 9.20. The van der Waals surface area contributed by atoms with Crippen molar-refractivity contribution in [2.24, 2.45) is 0 Å². The molecule has 7 heteroatoms. The van der Waals surface area contributed by atoms with Gasteiger partial charge in [-0.1, -0.05) is 36.0 Å². The van der Waals surface area contributed by atoms with Crippen LogP contribution in [-0.4, -0.2) is 39.1 Å². The van der Waals surface area contributed by atoms with Crippen LogP contribution < -0.4 is 9.64 Å². The summed E-state index contributed by atoms with van der Waals surface area (Å²) in [5, 5.41) is 8.65. The average molecular weight is 395 g/mol. The van der Waals surface area contributed by atoms with E-state index in [1.54, 1.807) is 13.4 Å². The van der Waals surface area contributed by atoms with Gasteiger partial charge in [-0.2, -0.15) is 0 Å². The van der Waals surface area contributed by atoms with Crippen LogP contribution in [0, 0.1) is 0 Å². The maximum atomic E-state index is 13.2. The van der Waals surface area contributed by atoms with Gasteiger partial charge >= 0.3 is 0 Å². The number of carbonyl (C=O) groups excluding carboxylic acids is 1. The predicted molar refractivity (Wildman–Crippen MR) is 110 cm³/mol. The number of rotatable bonds is 5. The molecule has 2 atom stereocenters. The molecule has 3 aromatic rings. The zero-order valence-electron chi connectivity index (χ0n) is 16.1. The van der Waals surface area contributed by atoms with Crippen LogP contribution in [-0.2, 0) is 11.2 Å². The monoisotopic (exact) mass is 394 g/mol. The van der Waals surface area contributed by atoms with Crippen molar-refractivity contribution >= 4 is 23.4 Å². The van der Waals surface area contributed by atoms with Crippen LogP contribution in [0.25, 0.3) is 5.69 Å². The van der Waals surface area contributed by atoms with E-state index in [2.05, 4.69) is 23.2 Å². The summed E-state index contributed by atoms with van der Waals surface area (Å²) in [4.78, 5) is 15.1. The fourth-order valence-corrected chi connectivity index (χ4v) is 4.44. The maximum Gasteiger partial charge on any atom is 0.240 e. The van der Waals surface area contributed by atoms with Crippen molar-refractivity contribution in [2.75, 3.05) is 12.0 Å². The summed E-state index contributed by atoms with van der Waals surface area (Å²) in [6, 6.07) is 16.0. The molecule has 0 saturated carbocycles. The molecule has 28 heavy (non-hydrogen) atoms. The van der Waals surface area contributed by atoms with E-state index >= 15 is 0 Å². The number of hydrogen-bond acceptors (Lipinski definition) is 5. The molecule has 4 rings (SSSR count). The molecule has 0 N–H and O–H groups in total. The summed E-state index contributed by atoms with van der Waals surface area (Å²) in [7, 11) is 1.64. The molecule has 144 valence electrons. The molecule has 2 heterocycles. The van der Waals surface area contributed by atoms with Gasteiger partial charge in [-0.05, 0) is 44.0 Å². The van der Waals surface area contributed by atoms with Crippen molar-refractivity contribution in [3.63, 3.8) is 0 Å². The number of ether oxygens (including phenoxy) is 1. The minimum Gasteiger partial charge on any atom is -0.497 e. The van der Waals surface area contributed by atoms with Gasteiger partial charge in [0.25, 0.3) is 0 Å². The summed E-state index contributed by atoms with van der Waals surface area (Å²) >= 11 is 1.41. The Morgan fingerprint density at radius 3 is 2.89 bits per heavy atom. The molecule has 0 spiro atoms. The lowest BCUT2D eigenvalue weighted by Crippen LogP contribution is -2.40. The number of carbonyl (C=O) groups is 1. The van der Waals surface area contributed by atoms with E-state index in [0.29, 0.717) is 5.16 Å². The topological polar surface area (TPSA) is 60.2 Å². The summed E-state index contributed by atoms with van der Waals surface area (Å²) in [6.07, 6.45) is 2.54. The SMILES string of the molecule is COc1cccc(-n2cnnc2S[C@@H](C)C(=O)N2c3ccccc3C[C@H]2C)c1. The summed E-state index contributed by atoms with van der Waals surface area (Å²) < 4.78 is 7.18. The second kappa shape index (κ2) is 7.67. The Kier molecular flexibility index (Phi) is 5.09. The van der Waals surface area contributed by atoms with Crippen molar-refractivity contribution < 1.29 is 9.53 Å². The summed E-state index contributed by atoms with van der Waals surface area (Å²) in [6.45, 7) is 4.01. The quantitative estimate of drug-likeness (QED) is 0.617. The van der Waals surface area contributed by atoms with Crippen LogP contribution >= 0.6 is 11.8 Å². The third-order valence-electron chi connectivity index (χ3n) is 4.92. The minimum absolute atomic E-state index is 0.0858. The van der Waals surface area contributed by atoms with Crippen LogP contribution in [0.1, 0.15) is 19.4 Å². The molecule has 1 amide bonds. The van der Waals surface area contributed by atoms with E-state index in [0.717, 1.165) is 23.5 Å². The average Bonchev–Trinajstić information content (AvgIpc) is 3.30. The highest BCUT2D eigenvalue weighted by Gasteiger charge is 2.33. The molecule has 0 radical (unpaired) electrons. The lowest BCUT2D eigenvalue weighted by Gasteiger charge is -2.25. The van der Waals surface area contributed by atoms with Gasteiger partial charge in [-0.25, -0.2) is 0 Å². The van der Waals surface area contributed by atoms with E-state index in [4.69, 9.17) is 4.74 Å². The second-order valence-corrected chi connectivity index (χ2v) is 8.14. The first-order valence-corrected chi connectivity index (χ1v) is 10.1. The number of methoxy groups -OCH3 is 1. The van der Waals surface area contributed by atoms with Gasteiger partial charge in [0.2, 0.25) is 5.91 Å². The van der Waals surface area contributed by atoms with E-state index in [9.17, 15) is 4.79 Å². The van der Waals surface area contributed by atoms with E-state index in [1.807, 2.05) is 58.9 Å². The first-order chi connectivity index (χ1) is 13.6. The van der Waals surface area contributed by atoms with Crippen molar-refractivity contribution in [3.8, 4) is 11.4 Å². The number of hydrogen-bond donors (Lipinski definition) is 0. The van der Waals surface area contributed by atoms with E-state index in [-0.39, 0.29) is 17.2 Å². The number of nitrogens with zero attached hydrogens (tertiary/aromatic N) is 4. The third-order valence-corrected chi connectivity index (χ3v) is 5.97. The van der Waals surface area contributed by atoms with Crippen LogP contribution in [0.5, 0.6) is 5.75 Å². The van der Waals surface area contributed by atoms with Crippen molar-refractivity contribution in [2.45, 2.75) is 36.7 Å². The maximum absolute atomic E-state index is 13.2. The number of amides is 1. The van der Waals surface area contributed by atoms with Gasteiger partial charge in [0.1, 0.15) is 12.1 Å². The van der Waals surface area contributed by atoms with Crippen molar-refractivity contribution in [3.05, 3.63) is 60.4 Å². The molecule has 0 unspecified atom stereocenters. The van der Waals surface area contributed by atoms with E-state index in [1.165, 1.54) is 17.3 Å². The predicted octanol–water partition coefficient (Wildman–Crippen LogP) is 3.73. The van der Waals surface area contributed by atoms with Gasteiger partial charge in [-0.3, -0.25) is 9.36 Å². The minimum atomic E-state index is -0.290. The Bertz CT molecular complexity index is 1000. The molecular formula is C21H22N4O2S. The second-order valence-electron chi connectivity index (χ2n) is 6.84. The lowest BCUT2D eigenvalue weighted by molar-refractivity contribution is -0.118. The molecule has 1 aromatic heterocycles. The van der Waals surface area contributed by atoms with Gasteiger partial charge in [0.15, 0.2) is 5.16 Å². The van der Waals surface area contributed by atoms with E-state index < -0.39 is 0 Å². The normalized spacial score (nSPS) is 16.7. The third kappa shape index (κ3) is 3.38. The Balaban J connectivity index is 1.56. The fourth-order valence-electron chi connectivity index (χ4n) is 3.55. The molecule has 2 aromatic carbocycles. The van der Waals surface area contributed by atoms with Crippen LogP contribution in [0.15, 0.2) is 60.0 Å². The van der Waals surface area contributed by atoms with Gasteiger partial charge in [-0.15, -0.1) is 10.2 Å². The standard InChI is InChI=1S/C21H22N4O2S/c1-14-11-16-7-4-5-10-19(16)25(14)20(26)15(2)28-21-23-22-13-24(21)17-8-6-9-18(12-17)27-3/h4-10,12-15H,11H2,1-3H3/t14-,15+/m1/s1. The van der Waals surface area contributed by atoms with Crippen molar-refractivity contribution in [1.82, 2.24) is 14.8 Å². The Morgan fingerprint density at radius 1 is 1.25 bits per heavy atom. The molecule has 0 fully saturated rings. The highest BCUT2D eigenvalue weighted by molar-refractivity contribution is 8.00. The molecule has 0 aliphatic carbocycles. The molecule has 1 aliphatic rings. The van der Waals surface area contributed by atoms with Gasteiger partial charge in [0.05, 0.1) is 18.0 Å². The summed E-state index contributed by atoms with van der Waals surface area (Å²) in [5.74, 6) is 0.844. The molecule has 0 saturated heterocycles. The zero-order chi connectivity index (χ0) is 19.7. The van der Waals surface area contributed by atoms with Gasteiger partial charge in [0, 0.05) is 17.8 Å². The first kappa shape index (κ1) is 18.6. The number of fused-ring (bicyclic) bond motifs is 1. The molecular weight excluding hydrogens is 372 g/mol. The number of para-hydroxylation sites is 1. The largest absolute Gasteiger partial charge is 0.497 e. The number of anilines is 1. The Morgan fingerprint density at radius 2 is 2.07 bits per heavy atom. The fraction of sp³-hybridized carbons (Fsp3) is 0.286. The molecule has 0 bridgehead atoms. The number of benzene rings is 2. The molecule has 6 nitrogen and oxygen atoms in total. The summed E-state index contributed by atoms with van der Waals surface area (Å²) in [5.41, 5.74) is 3.13. The van der Waals surface area contributed by atoms with Crippen LogP contribution in [0.4, 0.5) is 5.69 Å². The molecule has 1 aliphatic heterocycles. The lowest BCUT2D eigenvalue weighted by atomic mass is 10.1. The van der Waals surface area contributed by atoms with Crippen LogP contribution in [0.2, 0.25) is 0 Å². The van der Waals surface area contributed by atoms with Crippen molar-refractivity contribution in [1.29, 1.82) is 0 Å². The zero-order valence-corrected chi connectivity index (χ0v) is 16.9. The smallest absolute Gasteiger partial charge is 0.240 e. The Labute approximate surface area is 168 Å². The highest BCUT2D eigenvalue weighted by atomic mass is 32.2.